The highest BCUT2D eigenvalue weighted by atomic mass is 16.9. The van der Waals surface area contributed by atoms with Gasteiger partial charge in [-0.25, -0.2) is 9.97 Å². The highest BCUT2D eigenvalue weighted by Crippen LogP contribution is 2.17. The number of fused-ring (bicyclic) bond motifs is 8. The lowest BCUT2D eigenvalue weighted by molar-refractivity contribution is -0.198. The molecule has 8 bridgehead atoms. The molecule has 5 rings (SSSR count). The summed E-state index contributed by atoms with van der Waals surface area (Å²) in [7, 11) is 0. The number of rotatable bonds is 4. The number of carbonyl (C=O) groups excluding carboxylic acids is 2. The summed E-state index contributed by atoms with van der Waals surface area (Å²) in [5, 5.41) is 0. The van der Waals surface area contributed by atoms with Crippen LogP contribution >= 0.6 is 0 Å². The zero-order valence-corrected chi connectivity index (χ0v) is 19.4. The van der Waals surface area contributed by atoms with Gasteiger partial charge >= 0.3 is 11.9 Å². The fraction of sp³-hybridized carbons (Fsp3) is 0.154. The maximum Gasteiger partial charge on any atom is 0.328 e. The van der Waals surface area contributed by atoms with Crippen LogP contribution in [0.15, 0.2) is 48.5 Å². The Hall–Kier alpha value is -4.50. The Labute approximate surface area is 201 Å². The van der Waals surface area contributed by atoms with E-state index in [2.05, 4.69) is 59.9 Å². The van der Waals surface area contributed by atoms with Gasteiger partial charge in [-0.15, -0.1) is 0 Å². The highest BCUT2D eigenvalue weighted by molar-refractivity contribution is 5.77. The molecule has 178 valence electrons. The summed E-state index contributed by atoms with van der Waals surface area (Å²) in [6.45, 7) is 3.26. The van der Waals surface area contributed by atoms with Gasteiger partial charge in [0.15, 0.2) is 0 Å². The number of nitrogens with zero attached hydrogens (tertiary/aromatic N) is 2. The second-order valence-corrected chi connectivity index (χ2v) is 7.64. The summed E-state index contributed by atoms with van der Waals surface area (Å²) < 4.78 is 0. The molecule has 0 amide bonds. The van der Waals surface area contributed by atoms with E-state index in [1.165, 1.54) is 0 Å². The molecule has 3 N–H and O–H groups in total. The van der Waals surface area contributed by atoms with Gasteiger partial charge in [-0.1, -0.05) is 13.8 Å². The second kappa shape index (κ2) is 11.1. The lowest BCUT2D eigenvalue weighted by Gasteiger charge is -2.02. The van der Waals surface area contributed by atoms with Crippen molar-refractivity contribution in [2.24, 2.45) is 0 Å². The first kappa shape index (κ1) is 23.7. The van der Waals surface area contributed by atoms with Crippen molar-refractivity contribution in [3.63, 3.8) is 0 Å². The lowest BCUT2D eigenvalue weighted by Crippen LogP contribution is -2.22. The first-order chi connectivity index (χ1) is 17.0. The molecule has 2 aliphatic rings. The molecule has 0 unspecified atom stereocenters. The minimum atomic E-state index is -0.478. The molecule has 0 saturated heterocycles. The van der Waals surface area contributed by atoms with Crippen LogP contribution in [-0.2, 0) is 19.3 Å². The molecule has 0 fully saturated rings. The third kappa shape index (κ3) is 6.75. The Kier molecular flexibility index (Phi) is 7.49. The number of carbonyl (C=O) groups is 2. The standard InChI is InChI=1S/C20H14N4.C6H11NO4/c1-2-14-10-16-5-6-18(23-16)12-20-8-7-19(24-20)11-17-4-3-15(22-17)9-13(1)21-14;1-3-5(8)10-7-11-6(9)4-2/h1-12,21-22H;7H,3-4H2,1-2H3. The van der Waals surface area contributed by atoms with Crippen molar-refractivity contribution in [3.05, 3.63) is 71.3 Å². The molecule has 35 heavy (non-hydrogen) atoms. The maximum atomic E-state index is 10.4. The van der Waals surface area contributed by atoms with E-state index in [4.69, 9.17) is 0 Å². The Morgan fingerprint density at radius 3 is 1.43 bits per heavy atom. The molecule has 0 radical (unpaired) electrons. The van der Waals surface area contributed by atoms with Gasteiger partial charge in [-0.2, -0.15) is 0 Å². The predicted molar refractivity (Wildman–Crippen MR) is 135 cm³/mol. The van der Waals surface area contributed by atoms with E-state index < -0.39 is 11.9 Å². The average Bonchev–Trinajstić information content (AvgIpc) is 3.65. The largest absolute Gasteiger partial charge is 0.355 e. The Balaban J connectivity index is 0.000000225. The third-order valence-corrected chi connectivity index (χ3v) is 4.93. The molecule has 0 aromatic carbocycles. The van der Waals surface area contributed by atoms with Crippen LogP contribution in [0.3, 0.4) is 0 Å². The van der Waals surface area contributed by atoms with Crippen LogP contribution < -0.4 is 5.64 Å². The van der Waals surface area contributed by atoms with E-state index in [9.17, 15) is 9.59 Å². The van der Waals surface area contributed by atoms with Crippen LogP contribution in [0.25, 0.3) is 46.4 Å². The first-order valence-electron chi connectivity index (χ1n) is 11.2. The van der Waals surface area contributed by atoms with Crippen LogP contribution in [0.1, 0.15) is 49.5 Å². The average molecular weight is 472 g/mol. The monoisotopic (exact) mass is 471 g/mol. The van der Waals surface area contributed by atoms with E-state index in [0.717, 1.165) is 44.8 Å². The van der Waals surface area contributed by atoms with Gasteiger partial charge in [0.2, 0.25) is 0 Å². The van der Waals surface area contributed by atoms with Crippen LogP contribution in [0.2, 0.25) is 0 Å². The lowest BCUT2D eigenvalue weighted by atomic mass is 10.3. The zero-order valence-electron chi connectivity index (χ0n) is 19.4. The van der Waals surface area contributed by atoms with Crippen molar-refractivity contribution in [1.29, 1.82) is 0 Å². The van der Waals surface area contributed by atoms with Gasteiger partial charge in [0.25, 0.3) is 0 Å². The summed E-state index contributed by atoms with van der Waals surface area (Å²) in [4.78, 5) is 45.3. The van der Waals surface area contributed by atoms with Crippen molar-refractivity contribution >= 4 is 58.3 Å². The van der Waals surface area contributed by atoms with Crippen LogP contribution in [0.4, 0.5) is 0 Å². The van der Waals surface area contributed by atoms with E-state index in [1.807, 2.05) is 42.5 Å². The topological polar surface area (TPSA) is 122 Å². The van der Waals surface area contributed by atoms with Crippen LogP contribution in [0.5, 0.6) is 0 Å². The Morgan fingerprint density at radius 2 is 1.03 bits per heavy atom. The zero-order chi connectivity index (χ0) is 24.6. The van der Waals surface area contributed by atoms with Crippen molar-refractivity contribution < 1.29 is 19.3 Å². The summed E-state index contributed by atoms with van der Waals surface area (Å²) in [6.07, 6.45) is 8.51. The summed E-state index contributed by atoms with van der Waals surface area (Å²) >= 11 is 0. The number of aromatic amines is 2. The van der Waals surface area contributed by atoms with Crippen molar-refractivity contribution in [1.82, 2.24) is 25.6 Å². The molecule has 3 aromatic heterocycles. The second-order valence-electron chi connectivity index (χ2n) is 7.64. The van der Waals surface area contributed by atoms with Gasteiger partial charge in [0.1, 0.15) is 0 Å². The number of hydrogen-bond donors (Lipinski definition) is 3. The molecule has 3 aromatic rings. The minimum absolute atomic E-state index is 0.233. The Bertz CT molecular complexity index is 1340. The summed E-state index contributed by atoms with van der Waals surface area (Å²) in [6, 6.07) is 16.4. The summed E-state index contributed by atoms with van der Waals surface area (Å²) in [5.74, 6) is -0.956. The van der Waals surface area contributed by atoms with Crippen LogP contribution in [0, 0.1) is 0 Å². The van der Waals surface area contributed by atoms with E-state index in [1.54, 1.807) is 19.5 Å². The smallest absolute Gasteiger partial charge is 0.328 e. The first-order valence-corrected chi connectivity index (χ1v) is 11.2. The van der Waals surface area contributed by atoms with Crippen molar-refractivity contribution in [3.8, 4) is 0 Å². The molecular weight excluding hydrogens is 446 g/mol. The predicted octanol–water partition coefficient (Wildman–Crippen LogP) is 4.97. The molecule has 5 heterocycles. The molecular formula is C26H25N5O4. The normalized spacial score (nSPS) is 11.5. The molecule has 0 spiro atoms. The molecule has 0 saturated carbocycles. The SMILES string of the molecule is C1=Cc2cc3ccc(cc4ccc(cc5nc(cc1n2)C=C5)[nH]4)[nH]3.CCC(=O)ONOC(=O)CC. The van der Waals surface area contributed by atoms with E-state index in [0.29, 0.717) is 0 Å². The fourth-order valence-electron chi connectivity index (χ4n) is 3.20. The minimum Gasteiger partial charge on any atom is -0.355 e. The number of aromatic nitrogens is 4. The van der Waals surface area contributed by atoms with Gasteiger partial charge in [0.05, 0.1) is 22.8 Å². The molecule has 0 aliphatic carbocycles. The third-order valence-electron chi connectivity index (χ3n) is 4.93. The highest BCUT2D eigenvalue weighted by Gasteiger charge is 2.03. The van der Waals surface area contributed by atoms with Gasteiger partial charge < -0.3 is 19.6 Å². The fourth-order valence-corrected chi connectivity index (χ4v) is 3.20. The molecule has 9 heteroatoms. The maximum absolute atomic E-state index is 10.4. The molecule has 9 nitrogen and oxygen atoms in total. The van der Waals surface area contributed by atoms with Gasteiger partial charge in [-0.05, 0) is 72.8 Å². The van der Waals surface area contributed by atoms with Crippen molar-refractivity contribution in [2.45, 2.75) is 26.7 Å². The summed E-state index contributed by atoms with van der Waals surface area (Å²) in [5.41, 5.74) is 9.65. The molecule has 0 atom stereocenters. The Morgan fingerprint density at radius 1 is 0.657 bits per heavy atom. The number of nitrogens with one attached hydrogen (secondary N) is 3. The quantitative estimate of drug-likeness (QED) is 0.316. The van der Waals surface area contributed by atoms with E-state index >= 15 is 0 Å². The molecule has 2 aliphatic heterocycles. The number of hydrogen-bond acceptors (Lipinski definition) is 7. The number of H-pyrrole nitrogens is 2. The van der Waals surface area contributed by atoms with Crippen LogP contribution in [-0.4, -0.2) is 31.9 Å². The van der Waals surface area contributed by atoms with Gasteiger partial charge in [-0.3, -0.25) is 9.59 Å². The van der Waals surface area contributed by atoms with E-state index in [-0.39, 0.29) is 12.8 Å². The van der Waals surface area contributed by atoms with Crippen molar-refractivity contribution in [2.75, 3.05) is 0 Å². The van der Waals surface area contributed by atoms with Gasteiger partial charge in [0, 0.05) is 40.6 Å².